The number of phenols is 1. The number of hydrazone groups is 1. The van der Waals surface area contributed by atoms with Gasteiger partial charge >= 0.3 is 0 Å². The first-order valence-electron chi connectivity index (χ1n) is 9.33. The number of para-hydroxylation sites is 1. The molecule has 1 aliphatic rings. The lowest BCUT2D eigenvalue weighted by Crippen LogP contribution is -3.11. The molecule has 28 heavy (non-hydrogen) atoms. The lowest BCUT2D eigenvalue weighted by atomic mass is 9.96. The number of hydrogen-bond donors (Lipinski definition) is 3. The highest BCUT2D eigenvalue weighted by Crippen LogP contribution is 2.27. The quantitative estimate of drug-likeness (QED) is 0.511. The molecule has 0 radical (unpaired) electrons. The Bertz CT molecular complexity index is 831. The van der Waals surface area contributed by atoms with Crippen molar-refractivity contribution in [3.63, 3.8) is 0 Å². The highest BCUT2D eigenvalue weighted by atomic mass is 35.5. The number of piperidine rings is 1. The molecular weight excluding hydrogens is 378 g/mol. The number of nitrogens with one attached hydrogen (secondary N) is 2. The van der Waals surface area contributed by atoms with Gasteiger partial charge in [0.2, 0.25) is 5.91 Å². The molecule has 0 atom stereocenters. The lowest BCUT2D eigenvalue weighted by Gasteiger charge is -2.28. The Labute approximate surface area is 169 Å². The van der Waals surface area contributed by atoms with E-state index < -0.39 is 0 Å². The molecule has 0 saturated carbocycles. The summed E-state index contributed by atoms with van der Waals surface area (Å²) in [4.78, 5) is 13.8. The summed E-state index contributed by atoms with van der Waals surface area (Å²) in [6.07, 6.45) is 3.08. The first kappa shape index (κ1) is 20.2. The van der Waals surface area contributed by atoms with Gasteiger partial charge in [-0.2, -0.15) is 5.10 Å². The maximum absolute atomic E-state index is 12.4. The summed E-state index contributed by atoms with van der Waals surface area (Å²) in [6, 6.07) is 13.0. The minimum Gasteiger partial charge on any atom is -0.504 e. The molecule has 1 aliphatic heterocycles. The van der Waals surface area contributed by atoms with Crippen LogP contribution in [0.1, 0.15) is 24.0 Å². The molecule has 0 aliphatic carbocycles. The summed E-state index contributed by atoms with van der Waals surface area (Å²) in [5, 5.41) is 14.8. The number of ether oxygens (including phenoxy) is 1. The molecule has 2 aromatic rings. The van der Waals surface area contributed by atoms with Crippen LogP contribution in [0, 0.1) is 5.92 Å². The van der Waals surface area contributed by atoms with E-state index in [1.165, 1.54) is 23.8 Å². The van der Waals surface area contributed by atoms with Crippen LogP contribution in [0.4, 0.5) is 0 Å². The van der Waals surface area contributed by atoms with Gasteiger partial charge in [0.15, 0.2) is 11.5 Å². The number of nitrogens with zero attached hydrogens (tertiary/aromatic N) is 1. The molecule has 148 valence electrons. The Morgan fingerprint density at radius 3 is 2.68 bits per heavy atom. The van der Waals surface area contributed by atoms with Crippen molar-refractivity contribution in [2.75, 3.05) is 20.2 Å². The molecule has 1 heterocycles. The molecule has 0 unspecified atom stereocenters. The zero-order valence-corrected chi connectivity index (χ0v) is 16.6. The van der Waals surface area contributed by atoms with Crippen LogP contribution in [0.5, 0.6) is 11.5 Å². The molecule has 0 aromatic heterocycles. The van der Waals surface area contributed by atoms with Crippen LogP contribution in [0.2, 0.25) is 5.02 Å². The van der Waals surface area contributed by atoms with Gasteiger partial charge in [-0.1, -0.05) is 29.8 Å². The predicted molar refractivity (Wildman–Crippen MR) is 109 cm³/mol. The first-order valence-corrected chi connectivity index (χ1v) is 9.71. The van der Waals surface area contributed by atoms with Gasteiger partial charge in [-0.05, 0) is 24.3 Å². The van der Waals surface area contributed by atoms with Crippen LogP contribution < -0.4 is 15.1 Å². The fraction of sp³-hybridized carbons (Fsp3) is 0.333. The Balaban J connectivity index is 1.47. The van der Waals surface area contributed by atoms with Crippen molar-refractivity contribution in [1.82, 2.24) is 5.43 Å². The molecule has 3 N–H and O–H groups in total. The fourth-order valence-corrected chi connectivity index (χ4v) is 3.55. The van der Waals surface area contributed by atoms with Crippen LogP contribution in [0.25, 0.3) is 0 Å². The first-order chi connectivity index (χ1) is 13.6. The number of rotatable bonds is 6. The number of halogens is 1. The minimum atomic E-state index is -0.0795. The molecule has 3 rings (SSSR count). The van der Waals surface area contributed by atoms with Crippen molar-refractivity contribution >= 4 is 23.7 Å². The van der Waals surface area contributed by atoms with E-state index in [-0.39, 0.29) is 17.6 Å². The second-order valence-electron chi connectivity index (χ2n) is 6.96. The largest absolute Gasteiger partial charge is 0.504 e. The van der Waals surface area contributed by atoms with Crippen LogP contribution in [-0.4, -0.2) is 37.4 Å². The van der Waals surface area contributed by atoms with E-state index in [1.807, 2.05) is 12.1 Å². The number of carbonyl (C=O) groups excluding carboxylic acids is 1. The Kier molecular flexibility index (Phi) is 6.90. The molecule has 7 heteroatoms. The highest BCUT2D eigenvalue weighted by molar-refractivity contribution is 6.30. The zero-order valence-electron chi connectivity index (χ0n) is 15.8. The molecule has 6 nitrogen and oxygen atoms in total. The number of phenolic OH excluding ortho intramolecular Hbond substituents is 1. The average molecular weight is 403 g/mol. The summed E-state index contributed by atoms with van der Waals surface area (Å²) >= 11 is 5.93. The predicted octanol–water partition coefficient (Wildman–Crippen LogP) is 2.00. The van der Waals surface area contributed by atoms with Gasteiger partial charge in [0.25, 0.3) is 0 Å². The molecule has 2 aromatic carbocycles. The molecular formula is C21H25ClN3O3+. The summed E-state index contributed by atoms with van der Waals surface area (Å²) in [7, 11) is 1.49. The molecule has 1 saturated heterocycles. The molecule has 0 spiro atoms. The van der Waals surface area contributed by atoms with E-state index in [4.69, 9.17) is 16.3 Å². The number of hydrogen-bond acceptors (Lipinski definition) is 4. The van der Waals surface area contributed by atoms with E-state index in [0.29, 0.717) is 11.3 Å². The van der Waals surface area contributed by atoms with Crippen molar-refractivity contribution < 1.29 is 19.5 Å². The molecule has 1 amide bonds. The number of amides is 1. The fourth-order valence-electron chi connectivity index (χ4n) is 3.42. The summed E-state index contributed by atoms with van der Waals surface area (Å²) in [6.45, 7) is 2.83. The third-order valence-electron chi connectivity index (χ3n) is 5.06. The number of carbonyl (C=O) groups is 1. The van der Waals surface area contributed by atoms with Gasteiger partial charge in [0, 0.05) is 29.0 Å². The number of quaternary nitrogens is 1. The monoisotopic (exact) mass is 402 g/mol. The summed E-state index contributed by atoms with van der Waals surface area (Å²) in [5.74, 6) is 0.252. The number of benzene rings is 2. The van der Waals surface area contributed by atoms with E-state index in [9.17, 15) is 9.90 Å². The van der Waals surface area contributed by atoms with E-state index in [1.54, 1.807) is 18.2 Å². The third kappa shape index (κ3) is 5.24. The van der Waals surface area contributed by atoms with Gasteiger partial charge in [-0.25, -0.2) is 5.43 Å². The second kappa shape index (κ2) is 9.57. The summed E-state index contributed by atoms with van der Waals surface area (Å²) in [5.41, 5.74) is 4.33. The third-order valence-corrected chi connectivity index (χ3v) is 5.31. The normalized spacial score (nSPS) is 19.5. The maximum Gasteiger partial charge on any atom is 0.243 e. The van der Waals surface area contributed by atoms with Crippen molar-refractivity contribution in [2.24, 2.45) is 11.0 Å². The van der Waals surface area contributed by atoms with E-state index >= 15 is 0 Å². The summed E-state index contributed by atoms with van der Waals surface area (Å²) < 4.78 is 5.06. The second-order valence-corrected chi connectivity index (χ2v) is 7.40. The Morgan fingerprint density at radius 1 is 1.29 bits per heavy atom. The van der Waals surface area contributed by atoms with Gasteiger partial charge in [0.1, 0.15) is 6.54 Å². The van der Waals surface area contributed by atoms with Crippen molar-refractivity contribution in [3.05, 3.63) is 58.6 Å². The van der Waals surface area contributed by atoms with Crippen LogP contribution in [0.15, 0.2) is 47.6 Å². The Morgan fingerprint density at radius 2 is 2.00 bits per heavy atom. The number of aromatic hydroxyl groups is 1. The van der Waals surface area contributed by atoms with Crippen molar-refractivity contribution in [1.29, 1.82) is 0 Å². The highest BCUT2D eigenvalue weighted by Gasteiger charge is 2.27. The zero-order chi connectivity index (χ0) is 19.9. The standard InChI is InChI=1S/C21H24ClN3O3/c1-28-19-4-2-3-17(20(19)26)13-23-24-21(27)16-9-11-25(12-10-16)14-15-5-7-18(22)8-6-15/h2-8,13,16,26H,9-12,14H2,1H3,(H,24,27)/p+1/b23-13+. The minimum absolute atomic E-state index is 0.00195. The van der Waals surface area contributed by atoms with E-state index in [0.717, 1.165) is 37.5 Å². The van der Waals surface area contributed by atoms with Crippen LogP contribution >= 0.6 is 11.6 Å². The van der Waals surface area contributed by atoms with Crippen LogP contribution in [0.3, 0.4) is 0 Å². The average Bonchev–Trinajstić information content (AvgIpc) is 2.71. The smallest absolute Gasteiger partial charge is 0.243 e. The van der Waals surface area contributed by atoms with Crippen molar-refractivity contribution in [3.8, 4) is 11.5 Å². The van der Waals surface area contributed by atoms with Gasteiger partial charge in [-0.3, -0.25) is 4.79 Å². The number of likely N-dealkylation sites (tertiary alicyclic amines) is 1. The van der Waals surface area contributed by atoms with Crippen molar-refractivity contribution in [2.45, 2.75) is 19.4 Å². The van der Waals surface area contributed by atoms with Gasteiger partial charge < -0.3 is 14.7 Å². The van der Waals surface area contributed by atoms with E-state index in [2.05, 4.69) is 22.7 Å². The lowest BCUT2D eigenvalue weighted by molar-refractivity contribution is -0.919. The topological polar surface area (TPSA) is 75.4 Å². The number of methoxy groups -OCH3 is 1. The maximum atomic E-state index is 12.4. The van der Waals surface area contributed by atoms with Gasteiger partial charge in [-0.15, -0.1) is 0 Å². The molecule has 1 fully saturated rings. The molecule has 0 bridgehead atoms. The Hall–Kier alpha value is -2.57. The SMILES string of the molecule is COc1cccc(/C=N/NC(=O)C2CC[NH+](Cc3ccc(Cl)cc3)CC2)c1O. The van der Waals surface area contributed by atoms with Gasteiger partial charge in [0.05, 0.1) is 32.3 Å². The van der Waals surface area contributed by atoms with Crippen LogP contribution in [-0.2, 0) is 11.3 Å².